The van der Waals surface area contributed by atoms with E-state index < -0.39 is 18.1 Å². The van der Waals surface area contributed by atoms with Gasteiger partial charge in [-0.25, -0.2) is 4.79 Å². The van der Waals surface area contributed by atoms with Gasteiger partial charge in [-0.15, -0.1) is 0 Å². The van der Waals surface area contributed by atoms with Crippen LogP contribution >= 0.6 is 0 Å². The first-order chi connectivity index (χ1) is 8.09. The van der Waals surface area contributed by atoms with Crippen molar-refractivity contribution in [2.45, 2.75) is 53.1 Å². The minimum absolute atomic E-state index is 0.278. The monoisotopic (exact) mass is 258 g/mol. The maximum atomic E-state index is 12.0. The fraction of sp³-hybridized carbons (Fsp3) is 0.846. The first kappa shape index (κ1) is 16.9. The topological polar surface area (TPSA) is 81.4 Å². The number of nitrogens with two attached hydrogens (primary N) is 1. The normalized spacial score (nSPS) is 15.1. The summed E-state index contributed by atoms with van der Waals surface area (Å²) >= 11 is 0. The van der Waals surface area contributed by atoms with Gasteiger partial charge in [0.2, 0.25) is 5.91 Å². The average molecular weight is 258 g/mol. The Kier molecular flexibility index (Phi) is 6.32. The molecule has 3 N–H and O–H groups in total. The molecule has 1 amide bonds. The van der Waals surface area contributed by atoms with Crippen molar-refractivity contribution < 1.29 is 14.3 Å². The van der Waals surface area contributed by atoms with Crippen molar-refractivity contribution in [2.75, 3.05) is 7.11 Å². The largest absolute Gasteiger partial charge is 0.467 e. The minimum Gasteiger partial charge on any atom is -0.467 e. The summed E-state index contributed by atoms with van der Waals surface area (Å²) in [5.41, 5.74) is 5.51. The van der Waals surface area contributed by atoms with Crippen molar-refractivity contribution in [2.24, 2.45) is 17.1 Å². The van der Waals surface area contributed by atoms with Gasteiger partial charge < -0.3 is 15.8 Å². The Morgan fingerprint density at radius 1 is 1.28 bits per heavy atom. The van der Waals surface area contributed by atoms with Gasteiger partial charge in [-0.3, -0.25) is 4.79 Å². The molecule has 5 heteroatoms. The zero-order valence-corrected chi connectivity index (χ0v) is 12.2. The highest BCUT2D eigenvalue weighted by Crippen LogP contribution is 2.17. The van der Waals surface area contributed by atoms with Crippen molar-refractivity contribution in [1.82, 2.24) is 5.32 Å². The Bertz CT molecular complexity index is 295. The smallest absolute Gasteiger partial charge is 0.328 e. The first-order valence-corrected chi connectivity index (χ1v) is 6.23. The van der Waals surface area contributed by atoms with Crippen molar-refractivity contribution in [3.05, 3.63) is 0 Å². The molecule has 0 radical (unpaired) electrons. The third-order valence-electron chi connectivity index (χ3n) is 2.72. The molecule has 0 saturated carbocycles. The van der Waals surface area contributed by atoms with E-state index in [1.165, 1.54) is 7.11 Å². The van der Waals surface area contributed by atoms with Gasteiger partial charge in [0, 0.05) is 0 Å². The van der Waals surface area contributed by atoms with Crippen molar-refractivity contribution in [3.8, 4) is 0 Å². The van der Waals surface area contributed by atoms with Crippen molar-refractivity contribution in [1.29, 1.82) is 0 Å². The zero-order chi connectivity index (χ0) is 14.5. The van der Waals surface area contributed by atoms with Gasteiger partial charge in [0.25, 0.3) is 0 Å². The van der Waals surface area contributed by atoms with Crippen molar-refractivity contribution in [3.63, 3.8) is 0 Å². The van der Waals surface area contributed by atoms with E-state index in [1.807, 2.05) is 34.6 Å². The van der Waals surface area contributed by atoms with E-state index in [0.717, 1.165) is 0 Å². The summed E-state index contributed by atoms with van der Waals surface area (Å²) in [5, 5.41) is 2.67. The van der Waals surface area contributed by atoms with Gasteiger partial charge in [-0.2, -0.15) is 0 Å². The van der Waals surface area contributed by atoms with Gasteiger partial charge >= 0.3 is 5.97 Å². The van der Waals surface area contributed by atoms with Gasteiger partial charge in [0.1, 0.15) is 6.04 Å². The van der Waals surface area contributed by atoms with Gasteiger partial charge in [0.15, 0.2) is 0 Å². The third-order valence-corrected chi connectivity index (χ3v) is 2.72. The standard InChI is InChI=1S/C13H26N2O3/c1-8(2)7-9(12(17)18-6)15-11(16)10(14)13(3,4)5/h8-10H,7,14H2,1-6H3,(H,15,16)/t9?,10-/m1/s1. The van der Waals surface area contributed by atoms with Gasteiger partial charge in [-0.05, 0) is 17.8 Å². The van der Waals surface area contributed by atoms with Crippen LogP contribution in [0.25, 0.3) is 0 Å². The second kappa shape index (κ2) is 6.73. The van der Waals surface area contributed by atoms with E-state index in [0.29, 0.717) is 6.42 Å². The van der Waals surface area contributed by atoms with Crippen LogP contribution < -0.4 is 11.1 Å². The number of ether oxygens (including phenoxy) is 1. The van der Waals surface area contributed by atoms with Crippen LogP contribution in [-0.4, -0.2) is 31.1 Å². The Morgan fingerprint density at radius 3 is 2.11 bits per heavy atom. The third kappa shape index (κ3) is 5.49. The molecule has 18 heavy (non-hydrogen) atoms. The number of nitrogens with one attached hydrogen (secondary N) is 1. The number of carbonyl (C=O) groups is 2. The summed E-state index contributed by atoms with van der Waals surface area (Å²) in [5.74, 6) is -0.475. The fourth-order valence-corrected chi connectivity index (χ4v) is 1.48. The molecule has 0 rings (SSSR count). The molecule has 0 saturated heterocycles. The number of amides is 1. The maximum Gasteiger partial charge on any atom is 0.328 e. The molecule has 0 heterocycles. The predicted molar refractivity (Wildman–Crippen MR) is 70.8 cm³/mol. The summed E-state index contributed by atoms with van der Waals surface area (Å²) < 4.78 is 4.69. The summed E-state index contributed by atoms with van der Waals surface area (Å²) in [7, 11) is 1.31. The SMILES string of the molecule is COC(=O)C(CC(C)C)NC(=O)[C@@H](N)C(C)(C)C. The molecule has 106 valence electrons. The fourth-order valence-electron chi connectivity index (χ4n) is 1.48. The molecule has 0 aliphatic rings. The molecule has 5 nitrogen and oxygen atoms in total. The highest BCUT2D eigenvalue weighted by Gasteiger charge is 2.31. The van der Waals surface area contributed by atoms with Crippen molar-refractivity contribution >= 4 is 11.9 Å². The summed E-state index contributed by atoms with van der Waals surface area (Å²) in [6.07, 6.45) is 0.537. The van der Waals surface area contributed by atoms with Crippen LogP contribution in [-0.2, 0) is 14.3 Å². The molecule has 0 fully saturated rings. The lowest BCUT2D eigenvalue weighted by atomic mass is 9.86. The Balaban J connectivity index is 4.68. The van der Waals surface area contributed by atoms with E-state index in [9.17, 15) is 9.59 Å². The molecule has 0 aromatic rings. The van der Waals surface area contributed by atoms with E-state index >= 15 is 0 Å². The predicted octanol–water partition coefficient (Wildman–Crippen LogP) is 1.06. The lowest BCUT2D eigenvalue weighted by Crippen LogP contribution is -2.53. The number of hydrogen-bond donors (Lipinski definition) is 2. The summed E-state index contributed by atoms with van der Waals surface area (Å²) in [6, 6.07) is -1.28. The Hall–Kier alpha value is -1.10. The molecule has 0 spiro atoms. The second-order valence-corrected chi connectivity index (χ2v) is 6.06. The number of methoxy groups -OCH3 is 1. The minimum atomic E-state index is -0.656. The second-order valence-electron chi connectivity index (χ2n) is 6.06. The molecule has 1 unspecified atom stereocenters. The maximum absolute atomic E-state index is 12.0. The quantitative estimate of drug-likeness (QED) is 0.723. The molecular weight excluding hydrogens is 232 g/mol. The Morgan fingerprint density at radius 2 is 1.78 bits per heavy atom. The van der Waals surface area contributed by atoms with Crippen LogP contribution in [0.2, 0.25) is 0 Å². The molecule has 0 aliphatic heterocycles. The van der Waals surface area contributed by atoms with Crippen LogP contribution in [0.4, 0.5) is 0 Å². The van der Waals surface area contributed by atoms with Crippen LogP contribution in [0.3, 0.4) is 0 Å². The van der Waals surface area contributed by atoms with E-state index in [4.69, 9.17) is 5.73 Å². The van der Waals surface area contributed by atoms with Crippen LogP contribution in [0.15, 0.2) is 0 Å². The average Bonchev–Trinajstić information content (AvgIpc) is 2.23. The van der Waals surface area contributed by atoms with Crippen LogP contribution in [0.5, 0.6) is 0 Å². The Labute approximate surface area is 109 Å². The molecule has 2 atom stereocenters. The van der Waals surface area contributed by atoms with E-state index in [1.54, 1.807) is 0 Å². The lowest BCUT2D eigenvalue weighted by Gasteiger charge is -2.28. The van der Waals surface area contributed by atoms with Crippen LogP contribution in [0.1, 0.15) is 41.0 Å². The van der Waals surface area contributed by atoms with E-state index in [-0.39, 0.29) is 17.2 Å². The lowest BCUT2D eigenvalue weighted by molar-refractivity contribution is -0.146. The molecule has 0 bridgehead atoms. The van der Waals surface area contributed by atoms with Gasteiger partial charge in [-0.1, -0.05) is 34.6 Å². The van der Waals surface area contributed by atoms with Gasteiger partial charge in [0.05, 0.1) is 13.2 Å². The summed E-state index contributed by atoms with van der Waals surface area (Å²) in [4.78, 5) is 23.5. The number of hydrogen-bond acceptors (Lipinski definition) is 4. The number of rotatable bonds is 5. The highest BCUT2D eigenvalue weighted by molar-refractivity contribution is 5.87. The molecule has 0 aromatic heterocycles. The number of carbonyl (C=O) groups excluding carboxylic acids is 2. The molecular formula is C13H26N2O3. The number of esters is 1. The first-order valence-electron chi connectivity index (χ1n) is 6.23. The van der Waals surface area contributed by atoms with Crippen LogP contribution in [0, 0.1) is 11.3 Å². The van der Waals surface area contributed by atoms with E-state index in [2.05, 4.69) is 10.1 Å². The molecule has 0 aromatic carbocycles. The highest BCUT2D eigenvalue weighted by atomic mass is 16.5. The summed E-state index contributed by atoms with van der Waals surface area (Å²) in [6.45, 7) is 9.60. The zero-order valence-electron chi connectivity index (χ0n) is 12.2. The molecule has 0 aliphatic carbocycles.